The van der Waals surface area contributed by atoms with Crippen LogP contribution in [0.25, 0.3) is 0 Å². The van der Waals surface area contributed by atoms with Gasteiger partial charge in [0.1, 0.15) is 0 Å². The summed E-state index contributed by atoms with van der Waals surface area (Å²) in [5, 5.41) is 3.74. The molecule has 2 rings (SSSR count). The first-order chi connectivity index (χ1) is 12.0. The molecule has 0 aliphatic heterocycles. The van der Waals surface area contributed by atoms with Crippen LogP contribution in [0, 0.1) is 0 Å². The van der Waals surface area contributed by atoms with Gasteiger partial charge in [-0.25, -0.2) is 0 Å². The number of benzene rings is 2. The number of halogens is 1. The summed E-state index contributed by atoms with van der Waals surface area (Å²) in [5.74, 6) is 0.104. The summed E-state index contributed by atoms with van der Waals surface area (Å²) in [7, 11) is 0. The molecule has 0 spiro atoms. The molecule has 0 aliphatic carbocycles. The molecule has 0 bridgehead atoms. The van der Waals surface area contributed by atoms with E-state index in [1.165, 1.54) is 11.1 Å². The van der Waals surface area contributed by atoms with Gasteiger partial charge in [-0.15, -0.1) is 0 Å². The first-order valence-corrected chi connectivity index (χ1v) is 9.21. The van der Waals surface area contributed by atoms with Crippen LogP contribution < -0.4 is 5.32 Å². The Hall–Kier alpha value is -1.84. The van der Waals surface area contributed by atoms with E-state index in [4.69, 9.17) is 11.6 Å². The third-order valence-electron chi connectivity index (χ3n) is 4.23. The van der Waals surface area contributed by atoms with Crippen LogP contribution in [0.2, 0.25) is 5.02 Å². The summed E-state index contributed by atoms with van der Waals surface area (Å²) in [5.41, 5.74) is 2.46. The maximum Gasteiger partial charge on any atom is 0.221 e. The number of carbonyl (C=O) groups is 1. The maximum atomic E-state index is 12.1. The Morgan fingerprint density at radius 3 is 2.36 bits per heavy atom. The van der Waals surface area contributed by atoms with Gasteiger partial charge < -0.3 is 5.32 Å². The molecule has 2 aromatic carbocycles. The molecular formula is C21H27ClN2O. The molecule has 134 valence electrons. The highest BCUT2D eigenvalue weighted by Gasteiger charge is 2.12. The Morgan fingerprint density at radius 2 is 1.72 bits per heavy atom. The normalized spacial score (nSPS) is 11.1. The molecule has 1 N–H and O–H groups in total. The van der Waals surface area contributed by atoms with Gasteiger partial charge >= 0.3 is 0 Å². The van der Waals surface area contributed by atoms with E-state index >= 15 is 0 Å². The van der Waals surface area contributed by atoms with E-state index in [1.54, 1.807) is 0 Å². The third-order valence-corrected chi connectivity index (χ3v) is 4.49. The van der Waals surface area contributed by atoms with Crippen molar-refractivity contribution in [1.29, 1.82) is 0 Å². The average molecular weight is 359 g/mol. The number of amides is 1. The van der Waals surface area contributed by atoms with Gasteiger partial charge in [-0.3, -0.25) is 9.69 Å². The summed E-state index contributed by atoms with van der Waals surface area (Å²) in [6.07, 6.45) is 1.34. The highest BCUT2D eigenvalue weighted by Crippen LogP contribution is 2.10. The minimum absolute atomic E-state index is 0.104. The predicted molar refractivity (Wildman–Crippen MR) is 105 cm³/mol. The van der Waals surface area contributed by atoms with Crippen molar-refractivity contribution in [2.75, 3.05) is 13.1 Å². The number of carbonyl (C=O) groups excluding carboxylic acids is 1. The Bertz CT molecular complexity index is 641. The standard InChI is InChI=1S/C21H27ClN2O/c1-17(2)24(16-19-6-4-3-5-7-19)15-13-21(25)23-14-12-18-8-10-20(22)11-9-18/h3-11,17H,12-16H2,1-2H3,(H,23,25). The Morgan fingerprint density at radius 1 is 1.04 bits per heavy atom. The molecule has 0 atom stereocenters. The van der Waals surface area contributed by atoms with Crippen molar-refractivity contribution >= 4 is 17.5 Å². The van der Waals surface area contributed by atoms with Crippen molar-refractivity contribution in [3.63, 3.8) is 0 Å². The van der Waals surface area contributed by atoms with Crippen LogP contribution in [0.15, 0.2) is 54.6 Å². The monoisotopic (exact) mass is 358 g/mol. The largest absolute Gasteiger partial charge is 0.356 e. The molecule has 0 radical (unpaired) electrons. The van der Waals surface area contributed by atoms with Crippen molar-refractivity contribution < 1.29 is 4.79 Å². The molecule has 1 amide bonds. The van der Waals surface area contributed by atoms with Gasteiger partial charge in [-0.1, -0.05) is 54.1 Å². The van der Waals surface area contributed by atoms with Crippen LogP contribution in [0.3, 0.4) is 0 Å². The lowest BCUT2D eigenvalue weighted by atomic mass is 10.1. The molecule has 3 nitrogen and oxygen atoms in total. The molecule has 0 aliphatic rings. The minimum atomic E-state index is 0.104. The second kappa shape index (κ2) is 10.2. The van der Waals surface area contributed by atoms with Crippen LogP contribution in [0.1, 0.15) is 31.4 Å². The van der Waals surface area contributed by atoms with Crippen LogP contribution in [0.5, 0.6) is 0 Å². The smallest absolute Gasteiger partial charge is 0.221 e. The average Bonchev–Trinajstić information content (AvgIpc) is 2.61. The van der Waals surface area contributed by atoms with Crippen molar-refractivity contribution in [2.45, 2.75) is 39.3 Å². The molecule has 0 saturated heterocycles. The topological polar surface area (TPSA) is 32.3 Å². The number of nitrogens with one attached hydrogen (secondary N) is 1. The van der Waals surface area contributed by atoms with E-state index in [2.05, 4.69) is 48.3 Å². The van der Waals surface area contributed by atoms with Gasteiger partial charge in [0.15, 0.2) is 0 Å². The van der Waals surface area contributed by atoms with Crippen LogP contribution >= 0.6 is 11.6 Å². The second-order valence-electron chi connectivity index (χ2n) is 6.53. The van der Waals surface area contributed by atoms with Gasteiger partial charge in [-0.2, -0.15) is 0 Å². The summed E-state index contributed by atoms with van der Waals surface area (Å²) in [6, 6.07) is 18.5. The number of hydrogen-bond acceptors (Lipinski definition) is 2. The highest BCUT2D eigenvalue weighted by molar-refractivity contribution is 6.30. The fourth-order valence-corrected chi connectivity index (χ4v) is 2.79. The zero-order valence-electron chi connectivity index (χ0n) is 15.0. The Labute approximate surface area is 156 Å². The SMILES string of the molecule is CC(C)N(CCC(=O)NCCc1ccc(Cl)cc1)Cc1ccccc1. The molecule has 0 unspecified atom stereocenters. The zero-order valence-corrected chi connectivity index (χ0v) is 15.8. The van der Waals surface area contributed by atoms with E-state index in [1.807, 2.05) is 30.3 Å². The van der Waals surface area contributed by atoms with Crippen molar-refractivity contribution in [2.24, 2.45) is 0 Å². The van der Waals surface area contributed by atoms with Gasteiger partial charge in [0.2, 0.25) is 5.91 Å². The van der Waals surface area contributed by atoms with Gasteiger partial charge in [-0.05, 0) is 43.5 Å². The maximum absolute atomic E-state index is 12.1. The first kappa shape index (κ1) is 19.5. The zero-order chi connectivity index (χ0) is 18.1. The predicted octanol–water partition coefficient (Wildman–Crippen LogP) is 4.30. The van der Waals surface area contributed by atoms with E-state index in [0.29, 0.717) is 19.0 Å². The number of nitrogens with zero attached hydrogens (tertiary/aromatic N) is 1. The van der Waals surface area contributed by atoms with Crippen molar-refractivity contribution in [3.05, 3.63) is 70.7 Å². The second-order valence-corrected chi connectivity index (χ2v) is 6.96. The summed E-state index contributed by atoms with van der Waals surface area (Å²) in [6.45, 7) is 6.62. The summed E-state index contributed by atoms with van der Waals surface area (Å²) < 4.78 is 0. The van der Waals surface area contributed by atoms with E-state index in [0.717, 1.165) is 24.5 Å². The highest BCUT2D eigenvalue weighted by atomic mass is 35.5. The third kappa shape index (κ3) is 7.29. The first-order valence-electron chi connectivity index (χ1n) is 8.83. The van der Waals surface area contributed by atoms with Crippen LogP contribution in [-0.2, 0) is 17.8 Å². The molecule has 0 aromatic heterocycles. The van der Waals surface area contributed by atoms with E-state index in [9.17, 15) is 4.79 Å². The number of hydrogen-bond donors (Lipinski definition) is 1. The lowest BCUT2D eigenvalue weighted by Crippen LogP contribution is -2.35. The minimum Gasteiger partial charge on any atom is -0.356 e. The van der Waals surface area contributed by atoms with Gasteiger partial charge in [0.05, 0.1) is 0 Å². The van der Waals surface area contributed by atoms with Crippen molar-refractivity contribution in [1.82, 2.24) is 10.2 Å². The number of rotatable bonds is 9. The lowest BCUT2D eigenvalue weighted by molar-refractivity contribution is -0.121. The summed E-state index contributed by atoms with van der Waals surface area (Å²) >= 11 is 5.88. The van der Waals surface area contributed by atoms with Crippen molar-refractivity contribution in [3.8, 4) is 0 Å². The molecular weight excluding hydrogens is 332 g/mol. The van der Waals surface area contributed by atoms with Gasteiger partial charge in [0, 0.05) is 37.1 Å². The molecule has 0 saturated carbocycles. The fraction of sp³-hybridized carbons (Fsp3) is 0.381. The van der Waals surface area contributed by atoms with Crippen LogP contribution in [0.4, 0.5) is 0 Å². The molecule has 2 aromatic rings. The Balaban J connectivity index is 1.72. The fourth-order valence-electron chi connectivity index (χ4n) is 2.67. The quantitative estimate of drug-likeness (QED) is 0.724. The lowest BCUT2D eigenvalue weighted by Gasteiger charge is -2.26. The molecule has 0 heterocycles. The van der Waals surface area contributed by atoms with E-state index < -0.39 is 0 Å². The van der Waals surface area contributed by atoms with E-state index in [-0.39, 0.29) is 5.91 Å². The summed E-state index contributed by atoms with van der Waals surface area (Å²) in [4.78, 5) is 14.4. The molecule has 25 heavy (non-hydrogen) atoms. The molecule has 0 fully saturated rings. The van der Waals surface area contributed by atoms with Gasteiger partial charge in [0.25, 0.3) is 0 Å². The van der Waals surface area contributed by atoms with Crippen LogP contribution in [-0.4, -0.2) is 29.9 Å². The molecule has 4 heteroatoms. The Kier molecular flexibility index (Phi) is 7.96.